The van der Waals surface area contributed by atoms with Crippen molar-refractivity contribution >= 4 is 22.8 Å². The van der Waals surface area contributed by atoms with Crippen molar-refractivity contribution in [3.8, 4) is 11.3 Å². The highest BCUT2D eigenvalue weighted by atomic mass is 32.2. The maximum Gasteiger partial charge on any atom is 0.273 e. The van der Waals surface area contributed by atoms with E-state index in [0.717, 1.165) is 61.1 Å². The molecule has 25 heavy (non-hydrogen) atoms. The zero-order valence-electron chi connectivity index (χ0n) is 14.3. The molecule has 1 amide bonds. The van der Waals surface area contributed by atoms with Gasteiger partial charge in [-0.3, -0.25) is 14.7 Å². The molecule has 0 spiro atoms. The van der Waals surface area contributed by atoms with Gasteiger partial charge in [0.2, 0.25) is 0 Å². The normalized spacial score (nSPS) is 12.5. The van der Waals surface area contributed by atoms with Crippen molar-refractivity contribution in [2.24, 2.45) is 0 Å². The highest BCUT2D eigenvalue weighted by Crippen LogP contribution is 2.33. The van der Waals surface area contributed by atoms with Crippen molar-refractivity contribution in [2.75, 3.05) is 12.3 Å². The Morgan fingerprint density at radius 2 is 2.12 bits per heavy atom. The first kappa shape index (κ1) is 17.7. The summed E-state index contributed by atoms with van der Waals surface area (Å²) in [4.78, 5) is 23.2. The van der Waals surface area contributed by atoms with E-state index in [1.165, 1.54) is 11.8 Å². The second kappa shape index (κ2) is 8.33. The van der Waals surface area contributed by atoms with E-state index in [1.807, 2.05) is 0 Å². The maximum absolute atomic E-state index is 12.3. The Morgan fingerprint density at radius 3 is 2.96 bits per heavy atom. The third kappa shape index (κ3) is 4.31. The van der Waals surface area contributed by atoms with Crippen molar-refractivity contribution < 1.29 is 14.1 Å². The van der Waals surface area contributed by atoms with E-state index in [1.54, 1.807) is 13.1 Å². The van der Waals surface area contributed by atoms with Gasteiger partial charge < -0.3 is 9.84 Å². The van der Waals surface area contributed by atoms with Crippen LogP contribution >= 0.6 is 11.8 Å². The summed E-state index contributed by atoms with van der Waals surface area (Å²) in [5.74, 6) is 1.36. The van der Waals surface area contributed by atoms with Gasteiger partial charge in [-0.1, -0.05) is 29.8 Å². The number of hydrogen-bond donors (Lipinski definition) is 2. The molecule has 1 aliphatic rings. The Labute approximate surface area is 150 Å². The fourth-order valence-corrected chi connectivity index (χ4v) is 3.60. The number of nitrogens with one attached hydrogen (secondary N) is 2. The molecular weight excluding hydrogens is 340 g/mol. The van der Waals surface area contributed by atoms with Crippen molar-refractivity contribution in [2.45, 2.75) is 45.4 Å². The molecule has 1 aliphatic carbocycles. The highest BCUT2D eigenvalue weighted by Gasteiger charge is 2.28. The third-order valence-electron chi connectivity index (χ3n) is 4.25. The van der Waals surface area contributed by atoms with Gasteiger partial charge in [-0.05, 0) is 25.7 Å². The number of nitrogens with zero attached hydrogens (tertiary/aromatic N) is 2. The summed E-state index contributed by atoms with van der Waals surface area (Å²) < 4.78 is 5.38. The van der Waals surface area contributed by atoms with Gasteiger partial charge in [-0.25, -0.2) is 0 Å². The lowest BCUT2D eigenvalue weighted by molar-refractivity contribution is -0.109. The standard InChI is InChI=1S/C17H22N4O3S/c1-11(22)25-9-5-3-2-4-8-18-17(23)15-12-6-7-14-13(10-19-20-14)16(12)24-21-15/h10H,2-9H2,1H3,(H,18,23)(H,19,20). The first-order valence-electron chi connectivity index (χ1n) is 8.59. The zero-order valence-corrected chi connectivity index (χ0v) is 15.1. The number of thioether (sulfide) groups is 1. The minimum atomic E-state index is -0.177. The third-order valence-corrected chi connectivity index (χ3v) is 5.15. The van der Waals surface area contributed by atoms with E-state index in [-0.39, 0.29) is 11.0 Å². The number of rotatable bonds is 8. The smallest absolute Gasteiger partial charge is 0.273 e. The van der Waals surface area contributed by atoms with Crippen LogP contribution in [-0.4, -0.2) is 38.7 Å². The first-order valence-corrected chi connectivity index (χ1v) is 9.58. The van der Waals surface area contributed by atoms with Crippen LogP contribution in [0.3, 0.4) is 0 Å². The maximum atomic E-state index is 12.3. The van der Waals surface area contributed by atoms with Crippen LogP contribution in [0.25, 0.3) is 11.3 Å². The number of H-pyrrole nitrogens is 1. The SMILES string of the molecule is CC(=O)SCCCCCCNC(=O)c1noc2c1CCc1[nH]ncc1-2. The molecule has 2 N–H and O–H groups in total. The fourth-order valence-electron chi connectivity index (χ4n) is 2.96. The van der Waals surface area contributed by atoms with Crippen LogP contribution in [0.15, 0.2) is 10.7 Å². The van der Waals surface area contributed by atoms with E-state index < -0.39 is 0 Å². The molecule has 0 unspecified atom stereocenters. The summed E-state index contributed by atoms with van der Waals surface area (Å²) in [6, 6.07) is 0. The Bertz CT molecular complexity index is 753. The Balaban J connectivity index is 1.42. The minimum absolute atomic E-state index is 0.172. The molecule has 8 heteroatoms. The number of amides is 1. The second-order valence-corrected chi connectivity index (χ2v) is 7.38. The lowest BCUT2D eigenvalue weighted by atomic mass is 9.94. The van der Waals surface area contributed by atoms with Gasteiger partial charge >= 0.3 is 0 Å². The summed E-state index contributed by atoms with van der Waals surface area (Å²) in [7, 11) is 0. The van der Waals surface area contributed by atoms with Gasteiger partial charge in [-0.15, -0.1) is 0 Å². The van der Waals surface area contributed by atoms with E-state index in [4.69, 9.17) is 4.52 Å². The van der Waals surface area contributed by atoms with Crippen LogP contribution in [0, 0.1) is 0 Å². The number of carbonyl (C=O) groups excluding carboxylic acids is 2. The molecule has 0 radical (unpaired) electrons. The average Bonchev–Trinajstić information content (AvgIpc) is 3.22. The first-order chi connectivity index (χ1) is 12.2. The van der Waals surface area contributed by atoms with E-state index in [9.17, 15) is 9.59 Å². The molecule has 0 fully saturated rings. The molecule has 2 aromatic rings. The molecule has 2 aromatic heterocycles. The Morgan fingerprint density at radius 1 is 1.28 bits per heavy atom. The van der Waals surface area contributed by atoms with E-state index >= 15 is 0 Å². The van der Waals surface area contributed by atoms with Crippen molar-refractivity contribution in [1.82, 2.24) is 20.7 Å². The van der Waals surface area contributed by atoms with Crippen LogP contribution in [0.5, 0.6) is 0 Å². The Hall–Kier alpha value is -2.09. The number of aryl methyl sites for hydroxylation is 1. The molecule has 0 saturated heterocycles. The number of aromatic nitrogens is 3. The van der Waals surface area contributed by atoms with Crippen LogP contribution in [0.2, 0.25) is 0 Å². The number of carbonyl (C=O) groups is 2. The zero-order chi connectivity index (χ0) is 17.6. The Kier molecular flexibility index (Phi) is 5.91. The summed E-state index contributed by atoms with van der Waals surface area (Å²) in [6.07, 6.45) is 7.30. The predicted molar refractivity (Wildman–Crippen MR) is 95.4 cm³/mol. The fraction of sp³-hybridized carbons (Fsp3) is 0.529. The van der Waals surface area contributed by atoms with Gasteiger partial charge in [0.05, 0.1) is 11.8 Å². The van der Waals surface area contributed by atoms with Gasteiger partial charge in [0.15, 0.2) is 16.6 Å². The molecule has 7 nitrogen and oxygen atoms in total. The van der Waals surface area contributed by atoms with Gasteiger partial charge in [0.1, 0.15) is 0 Å². The van der Waals surface area contributed by atoms with E-state index in [0.29, 0.717) is 18.0 Å². The second-order valence-electron chi connectivity index (χ2n) is 6.11. The molecule has 0 aliphatic heterocycles. The lowest BCUT2D eigenvalue weighted by Crippen LogP contribution is -2.26. The van der Waals surface area contributed by atoms with Crippen molar-refractivity contribution in [3.05, 3.63) is 23.1 Å². The number of unbranched alkanes of at least 4 members (excludes halogenated alkanes) is 3. The van der Waals surface area contributed by atoms with Crippen LogP contribution < -0.4 is 5.32 Å². The molecule has 134 valence electrons. The number of aromatic amines is 1. The molecule has 0 aromatic carbocycles. The molecule has 0 atom stereocenters. The van der Waals surface area contributed by atoms with Crippen molar-refractivity contribution in [3.63, 3.8) is 0 Å². The molecular formula is C17H22N4O3S. The summed E-state index contributed by atoms with van der Waals surface area (Å²) in [6.45, 7) is 2.22. The molecule has 3 rings (SSSR count). The molecule has 0 bridgehead atoms. The summed E-state index contributed by atoms with van der Waals surface area (Å²) >= 11 is 1.37. The predicted octanol–water partition coefficient (Wildman–Crippen LogP) is 2.73. The molecule has 0 saturated carbocycles. The van der Waals surface area contributed by atoms with Gasteiger partial charge in [0.25, 0.3) is 5.91 Å². The van der Waals surface area contributed by atoms with Crippen LogP contribution in [0.4, 0.5) is 0 Å². The lowest BCUT2D eigenvalue weighted by Gasteiger charge is -2.10. The number of fused-ring (bicyclic) bond motifs is 3. The summed E-state index contributed by atoms with van der Waals surface area (Å²) in [5.41, 5.74) is 3.18. The number of hydrogen-bond acceptors (Lipinski definition) is 6. The largest absolute Gasteiger partial charge is 0.355 e. The van der Waals surface area contributed by atoms with Crippen molar-refractivity contribution in [1.29, 1.82) is 0 Å². The van der Waals surface area contributed by atoms with Crippen LogP contribution in [-0.2, 0) is 17.6 Å². The van der Waals surface area contributed by atoms with Gasteiger partial charge in [-0.2, -0.15) is 5.10 Å². The quantitative estimate of drug-likeness (QED) is 0.700. The minimum Gasteiger partial charge on any atom is -0.355 e. The molecule has 2 heterocycles. The highest BCUT2D eigenvalue weighted by molar-refractivity contribution is 8.13. The van der Waals surface area contributed by atoms with E-state index in [2.05, 4.69) is 20.7 Å². The van der Waals surface area contributed by atoms with Crippen LogP contribution in [0.1, 0.15) is 54.4 Å². The monoisotopic (exact) mass is 362 g/mol. The topological polar surface area (TPSA) is 101 Å². The average molecular weight is 362 g/mol. The summed E-state index contributed by atoms with van der Waals surface area (Å²) in [5, 5.41) is 14.0. The van der Waals surface area contributed by atoms with Gasteiger partial charge in [0, 0.05) is 30.5 Å².